The Bertz CT molecular complexity index is 1800. The van der Waals surface area contributed by atoms with Crippen molar-refractivity contribution >= 4 is 23.1 Å². The fourth-order valence-corrected chi connectivity index (χ4v) is 6.39. The molecule has 2 aliphatic rings. The smallest absolute Gasteiger partial charge is 0.271 e. The second kappa shape index (κ2) is 10.4. The van der Waals surface area contributed by atoms with Crippen LogP contribution in [0.2, 0.25) is 0 Å². The first-order valence-electron chi connectivity index (χ1n) is 12.8. The normalized spacial score (nSPS) is 16.1. The van der Waals surface area contributed by atoms with E-state index in [1.165, 1.54) is 16.9 Å². The van der Waals surface area contributed by atoms with Crippen molar-refractivity contribution in [3.63, 3.8) is 0 Å². The number of hydrogen-bond acceptors (Lipinski definition) is 6. The van der Waals surface area contributed by atoms with Gasteiger partial charge in [0.2, 0.25) is 0 Å². The molecule has 0 amide bonds. The van der Waals surface area contributed by atoms with Gasteiger partial charge in [0, 0.05) is 11.1 Å². The molecule has 0 saturated heterocycles. The van der Waals surface area contributed by atoms with Crippen molar-refractivity contribution in [3.05, 3.63) is 127 Å². The van der Waals surface area contributed by atoms with Crippen molar-refractivity contribution < 1.29 is 14.2 Å². The van der Waals surface area contributed by atoms with E-state index in [1.807, 2.05) is 59.2 Å². The monoisotopic (exact) mass is 536 g/mol. The van der Waals surface area contributed by atoms with Crippen LogP contribution < -0.4 is 29.1 Å². The largest absolute Gasteiger partial charge is 0.496 e. The molecule has 1 aromatic heterocycles. The van der Waals surface area contributed by atoms with Gasteiger partial charge in [-0.3, -0.25) is 9.36 Å². The maximum absolute atomic E-state index is 14.0. The minimum Gasteiger partial charge on any atom is -0.496 e. The zero-order valence-corrected chi connectivity index (χ0v) is 22.7. The summed E-state index contributed by atoms with van der Waals surface area (Å²) in [7, 11) is 3.27. The van der Waals surface area contributed by atoms with Crippen molar-refractivity contribution in [2.75, 3.05) is 20.8 Å². The Balaban J connectivity index is 1.56. The molecule has 1 aliphatic carbocycles. The van der Waals surface area contributed by atoms with E-state index in [9.17, 15) is 4.79 Å². The highest BCUT2D eigenvalue weighted by Gasteiger charge is 2.33. The van der Waals surface area contributed by atoms with E-state index in [-0.39, 0.29) is 11.6 Å². The van der Waals surface area contributed by atoms with Gasteiger partial charge in [-0.15, -0.1) is 0 Å². The standard InChI is InChI=1S/C32H28N2O4S/c1-4-17-38-26-16-13-20(18-27(26)37-3)19-28-31(35)34-30(23-11-7-8-12-25(23)36-2)24-15-14-21-9-5-6-10-22(21)29(24)33-32(34)39-28/h4-13,16,18-19,30H,1,14-15,17H2,2-3H3/b28-19+/t30-/m1/s1. The molecule has 2 heterocycles. The van der Waals surface area contributed by atoms with Crippen LogP contribution in [0.1, 0.15) is 34.7 Å². The van der Waals surface area contributed by atoms with Gasteiger partial charge in [0.15, 0.2) is 16.3 Å². The van der Waals surface area contributed by atoms with Gasteiger partial charge >= 0.3 is 0 Å². The van der Waals surface area contributed by atoms with Gasteiger partial charge in [-0.2, -0.15) is 0 Å². The van der Waals surface area contributed by atoms with E-state index in [2.05, 4.69) is 24.8 Å². The number of benzene rings is 3. The number of rotatable bonds is 7. The average Bonchev–Trinajstić information content (AvgIpc) is 3.29. The van der Waals surface area contributed by atoms with Gasteiger partial charge in [0.05, 0.1) is 30.5 Å². The molecule has 0 radical (unpaired) electrons. The van der Waals surface area contributed by atoms with Crippen molar-refractivity contribution in [3.8, 4) is 17.2 Å². The Morgan fingerprint density at radius 2 is 1.79 bits per heavy atom. The first-order valence-corrected chi connectivity index (χ1v) is 13.6. The number of allylic oxidation sites excluding steroid dienone is 1. The Morgan fingerprint density at radius 1 is 1.00 bits per heavy atom. The highest BCUT2D eigenvalue weighted by atomic mass is 32.1. The lowest BCUT2D eigenvalue weighted by molar-refractivity contribution is 0.326. The summed E-state index contributed by atoms with van der Waals surface area (Å²) in [5, 5.41) is 0. The maximum Gasteiger partial charge on any atom is 0.271 e. The number of ether oxygens (including phenoxy) is 3. The highest BCUT2D eigenvalue weighted by molar-refractivity contribution is 7.07. The van der Waals surface area contributed by atoms with Crippen LogP contribution in [0.4, 0.5) is 0 Å². The third kappa shape index (κ3) is 4.38. The van der Waals surface area contributed by atoms with Crippen LogP contribution in [0, 0.1) is 0 Å². The molecule has 196 valence electrons. The van der Waals surface area contributed by atoms with E-state index >= 15 is 0 Å². The summed E-state index contributed by atoms with van der Waals surface area (Å²) >= 11 is 1.40. The molecule has 39 heavy (non-hydrogen) atoms. The number of methoxy groups -OCH3 is 2. The molecule has 0 saturated carbocycles. The Morgan fingerprint density at radius 3 is 2.62 bits per heavy atom. The summed E-state index contributed by atoms with van der Waals surface area (Å²) in [6, 6.07) is 21.7. The summed E-state index contributed by atoms with van der Waals surface area (Å²) in [6.07, 6.45) is 5.30. The van der Waals surface area contributed by atoms with Crippen molar-refractivity contribution in [1.29, 1.82) is 0 Å². The molecule has 0 fully saturated rings. The van der Waals surface area contributed by atoms with Crippen LogP contribution in [-0.2, 0) is 6.42 Å². The van der Waals surface area contributed by atoms with Gasteiger partial charge in [0.1, 0.15) is 12.4 Å². The fraction of sp³-hybridized carbons (Fsp3) is 0.188. The van der Waals surface area contributed by atoms with E-state index in [1.54, 1.807) is 20.3 Å². The summed E-state index contributed by atoms with van der Waals surface area (Å²) in [4.78, 5) is 19.8. The van der Waals surface area contributed by atoms with Gasteiger partial charge in [-0.1, -0.05) is 72.5 Å². The van der Waals surface area contributed by atoms with Crippen LogP contribution >= 0.6 is 11.3 Å². The van der Waals surface area contributed by atoms with E-state index < -0.39 is 0 Å². The molecular weight excluding hydrogens is 508 g/mol. The van der Waals surface area contributed by atoms with Gasteiger partial charge in [-0.25, -0.2) is 4.99 Å². The number of hydrogen-bond donors (Lipinski definition) is 0. The summed E-state index contributed by atoms with van der Waals surface area (Å²) in [5.74, 6) is 1.97. The van der Waals surface area contributed by atoms with Crippen LogP contribution in [0.3, 0.4) is 0 Å². The third-order valence-electron chi connectivity index (χ3n) is 7.15. The van der Waals surface area contributed by atoms with Crippen molar-refractivity contribution in [2.24, 2.45) is 4.99 Å². The van der Waals surface area contributed by atoms with E-state index in [0.717, 1.165) is 46.6 Å². The van der Waals surface area contributed by atoms with Crippen LogP contribution in [0.5, 0.6) is 17.2 Å². The maximum atomic E-state index is 14.0. The molecule has 3 aromatic carbocycles. The topological polar surface area (TPSA) is 62.0 Å². The molecule has 6 rings (SSSR count). The predicted octanol–water partition coefficient (Wildman–Crippen LogP) is 4.90. The second-order valence-electron chi connectivity index (χ2n) is 9.37. The van der Waals surface area contributed by atoms with Crippen LogP contribution in [0.15, 0.2) is 94.7 Å². The summed E-state index contributed by atoms with van der Waals surface area (Å²) in [5.41, 5.74) is 6.24. The minimum atomic E-state index is -0.299. The number of aromatic nitrogens is 1. The Hall–Kier alpha value is -4.36. The molecule has 0 spiro atoms. The average molecular weight is 537 g/mol. The number of fused-ring (bicyclic) bond motifs is 3. The SMILES string of the molecule is C=CCOc1ccc(/C=c2/sc3n(c2=O)[C@H](c2ccccc2OC)C2=C(N=3)c3ccccc3CC2)cc1OC. The van der Waals surface area contributed by atoms with Crippen molar-refractivity contribution in [2.45, 2.75) is 18.9 Å². The zero-order valence-electron chi connectivity index (χ0n) is 21.8. The molecule has 0 unspecified atom stereocenters. The lowest BCUT2D eigenvalue weighted by Gasteiger charge is -2.31. The van der Waals surface area contributed by atoms with Crippen molar-refractivity contribution in [1.82, 2.24) is 4.57 Å². The molecular formula is C32H28N2O4S. The predicted molar refractivity (Wildman–Crippen MR) is 154 cm³/mol. The van der Waals surface area contributed by atoms with Gasteiger partial charge in [0.25, 0.3) is 5.56 Å². The van der Waals surface area contributed by atoms with Gasteiger partial charge < -0.3 is 14.2 Å². The highest BCUT2D eigenvalue weighted by Crippen LogP contribution is 2.43. The second-order valence-corrected chi connectivity index (χ2v) is 10.4. The number of nitrogens with zero attached hydrogens (tertiary/aromatic N) is 2. The molecule has 6 nitrogen and oxygen atoms in total. The molecule has 0 N–H and O–H groups in total. The number of thiazole rings is 1. The lowest BCUT2D eigenvalue weighted by atomic mass is 9.83. The summed E-state index contributed by atoms with van der Waals surface area (Å²) in [6.45, 7) is 4.08. The molecule has 1 aliphatic heterocycles. The Kier molecular flexibility index (Phi) is 6.67. The summed E-state index contributed by atoms with van der Waals surface area (Å²) < 4.78 is 19.4. The van der Waals surface area contributed by atoms with E-state index in [0.29, 0.717) is 27.4 Å². The molecule has 1 atom stereocenters. The fourth-order valence-electron chi connectivity index (χ4n) is 5.38. The number of para-hydroxylation sites is 1. The molecule has 0 bridgehead atoms. The minimum absolute atomic E-state index is 0.0778. The first kappa shape index (κ1) is 24.9. The third-order valence-corrected chi connectivity index (χ3v) is 8.13. The van der Waals surface area contributed by atoms with Gasteiger partial charge in [-0.05, 0) is 53.8 Å². The van der Waals surface area contributed by atoms with Crippen LogP contribution in [-0.4, -0.2) is 25.4 Å². The van der Waals surface area contributed by atoms with Crippen LogP contribution in [0.25, 0.3) is 11.8 Å². The quantitative estimate of drug-likeness (QED) is 0.315. The first-order chi connectivity index (χ1) is 19.1. The zero-order chi connectivity index (χ0) is 26.9. The molecule has 4 aromatic rings. The number of aryl methyl sites for hydroxylation is 1. The Labute approximate surface area is 230 Å². The molecule has 7 heteroatoms. The van der Waals surface area contributed by atoms with E-state index in [4.69, 9.17) is 19.2 Å². The lowest BCUT2D eigenvalue weighted by Crippen LogP contribution is -2.39.